The average molecular weight is 296 g/mol. The van der Waals surface area contributed by atoms with Crippen LogP contribution in [0, 0.1) is 5.92 Å². The molecule has 0 aromatic rings. The van der Waals surface area contributed by atoms with E-state index in [9.17, 15) is 9.59 Å². The first-order valence-electron chi connectivity index (χ1n) is 8.25. The van der Waals surface area contributed by atoms with Gasteiger partial charge in [-0.3, -0.25) is 9.59 Å². The molecule has 0 saturated carbocycles. The molecule has 3 unspecified atom stereocenters. The van der Waals surface area contributed by atoms with Gasteiger partial charge in [-0.1, -0.05) is 20.8 Å². The molecule has 1 N–H and O–H groups in total. The van der Waals surface area contributed by atoms with Gasteiger partial charge in [0.2, 0.25) is 11.8 Å². The molecule has 0 spiro atoms. The Labute approximate surface area is 127 Å². The molecule has 0 bridgehead atoms. The average Bonchev–Trinajstić information content (AvgIpc) is 2.93. The molecule has 2 aliphatic rings. The summed E-state index contributed by atoms with van der Waals surface area (Å²) in [5, 5.41) is 2.90. The van der Waals surface area contributed by atoms with Gasteiger partial charge in [-0.05, 0) is 38.0 Å². The molecule has 3 atom stereocenters. The first-order valence-corrected chi connectivity index (χ1v) is 8.25. The molecule has 0 aromatic heterocycles. The van der Waals surface area contributed by atoms with E-state index in [1.807, 2.05) is 6.92 Å². The summed E-state index contributed by atoms with van der Waals surface area (Å²) < 4.78 is 5.63. The maximum Gasteiger partial charge on any atom is 0.245 e. The highest BCUT2D eigenvalue weighted by atomic mass is 16.5. The Hall–Kier alpha value is -1.10. The Morgan fingerprint density at radius 1 is 1.38 bits per heavy atom. The number of carbonyl (C=O) groups excluding carboxylic acids is 2. The van der Waals surface area contributed by atoms with Gasteiger partial charge in [-0.2, -0.15) is 0 Å². The maximum atomic E-state index is 12.7. The fourth-order valence-electron chi connectivity index (χ4n) is 3.28. The van der Waals surface area contributed by atoms with E-state index < -0.39 is 0 Å². The fourth-order valence-corrected chi connectivity index (χ4v) is 3.28. The van der Waals surface area contributed by atoms with Gasteiger partial charge in [0.15, 0.2) is 0 Å². The van der Waals surface area contributed by atoms with Crippen LogP contribution in [-0.2, 0) is 14.3 Å². The van der Waals surface area contributed by atoms with Crippen LogP contribution in [0.5, 0.6) is 0 Å². The summed E-state index contributed by atoms with van der Waals surface area (Å²) in [7, 11) is 0. The van der Waals surface area contributed by atoms with Crippen molar-refractivity contribution < 1.29 is 14.3 Å². The summed E-state index contributed by atoms with van der Waals surface area (Å²) >= 11 is 0. The Balaban J connectivity index is 2.01. The lowest BCUT2D eigenvalue weighted by atomic mass is 9.97. The van der Waals surface area contributed by atoms with Crippen molar-refractivity contribution in [1.82, 2.24) is 10.2 Å². The van der Waals surface area contributed by atoms with Gasteiger partial charge in [-0.25, -0.2) is 0 Å². The van der Waals surface area contributed by atoms with Gasteiger partial charge in [0.25, 0.3) is 0 Å². The lowest BCUT2D eigenvalue weighted by Gasteiger charge is -2.39. The second kappa shape index (κ2) is 7.25. The highest BCUT2D eigenvalue weighted by Gasteiger charge is 2.39. The molecule has 2 amide bonds. The van der Waals surface area contributed by atoms with E-state index in [0.717, 1.165) is 25.9 Å². The van der Waals surface area contributed by atoms with E-state index in [4.69, 9.17) is 4.74 Å². The molecular weight excluding hydrogens is 268 g/mol. The molecule has 120 valence electrons. The topological polar surface area (TPSA) is 58.6 Å². The normalized spacial score (nSPS) is 30.1. The molecule has 2 fully saturated rings. The van der Waals surface area contributed by atoms with Crippen molar-refractivity contribution in [2.75, 3.05) is 13.2 Å². The van der Waals surface area contributed by atoms with Gasteiger partial charge in [0, 0.05) is 13.2 Å². The molecule has 2 rings (SSSR count). The van der Waals surface area contributed by atoms with E-state index in [1.165, 1.54) is 0 Å². The van der Waals surface area contributed by atoms with Crippen molar-refractivity contribution >= 4 is 11.8 Å². The Morgan fingerprint density at radius 3 is 2.71 bits per heavy atom. The molecular formula is C16H28N2O3. The first-order chi connectivity index (χ1) is 10.0. The lowest BCUT2D eigenvalue weighted by molar-refractivity contribution is -0.150. The zero-order valence-corrected chi connectivity index (χ0v) is 13.4. The number of amides is 2. The number of ether oxygens (including phenoxy) is 1. The van der Waals surface area contributed by atoms with Gasteiger partial charge in [-0.15, -0.1) is 0 Å². The Morgan fingerprint density at radius 2 is 2.14 bits per heavy atom. The van der Waals surface area contributed by atoms with Crippen LogP contribution in [0.15, 0.2) is 0 Å². The van der Waals surface area contributed by atoms with Crippen LogP contribution in [0.1, 0.15) is 52.9 Å². The van der Waals surface area contributed by atoms with E-state index in [1.54, 1.807) is 4.90 Å². The van der Waals surface area contributed by atoms with Gasteiger partial charge in [0.05, 0.1) is 6.10 Å². The molecule has 2 aliphatic heterocycles. The molecule has 0 aliphatic carbocycles. The quantitative estimate of drug-likeness (QED) is 0.812. The smallest absolute Gasteiger partial charge is 0.245 e. The van der Waals surface area contributed by atoms with Crippen molar-refractivity contribution in [2.24, 2.45) is 5.92 Å². The SMILES string of the molecule is CCC1C(=O)NC(CC(C)C)C(=O)N1CCC1CCCO1. The standard InChI is InChI=1S/C16H28N2O3/c1-4-14-15(19)17-13(10-11(2)3)16(20)18(14)8-7-12-6-5-9-21-12/h11-14H,4-10H2,1-3H3,(H,17,19). The Bertz CT molecular complexity index is 378. The van der Waals surface area contributed by atoms with Gasteiger partial charge >= 0.3 is 0 Å². The maximum absolute atomic E-state index is 12.7. The largest absolute Gasteiger partial charge is 0.378 e. The molecule has 5 nitrogen and oxygen atoms in total. The summed E-state index contributed by atoms with van der Waals surface area (Å²) in [6.07, 6.45) is 4.63. The minimum atomic E-state index is -0.357. The molecule has 2 saturated heterocycles. The number of nitrogens with one attached hydrogen (secondary N) is 1. The third-order valence-corrected chi connectivity index (χ3v) is 4.39. The molecule has 21 heavy (non-hydrogen) atoms. The minimum Gasteiger partial charge on any atom is -0.378 e. The van der Waals surface area contributed by atoms with Crippen LogP contribution < -0.4 is 5.32 Å². The predicted octanol–water partition coefficient (Wildman–Crippen LogP) is 1.71. The number of piperazine rings is 1. The fraction of sp³-hybridized carbons (Fsp3) is 0.875. The second-order valence-corrected chi connectivity index (χ2v) is 6.57. The van der Waals surface area contributed by atoms with E-state index >= 15 is 0 Å². The summed E-state index contributed by atoms with van der Waals surface area (Å²) in [6.45, 7) is 7.56. The highest BCUT2D eigenvalue weighted by Crippen LogP contribution is 2.21. The van der Waals surface area contributed by atoms with Crippen LogP contribution in [0.2, 0.25) is 0 Å². The number of rotatable bonds is 6. The third kappa shape index (κ3) is 3.96. The van der Waals surface area contributed by atoms with E-state index in [0.29, 0.717) is 25.3 Å². The predicted molar refractivity (Wildman–Crippen MR) is 80.8 cm³/mol. The number of carbonyl (C=O) groups is 2. The van der Waals surface area contributed by atoms with Crippen LogP contribution >= 0.6 is 0 Å². The summed E-state index contributed by atoms with van der Waals surface area (Å²) in [4.78, 5) is 26.7. The number of hydrogen-bond donors (Lipinski definition) is 1. The van der Waals surface area contributed by atoms with Gasteiger partial charge < -0.3 is 15.0 Å². The minimum absolute atomic E-state index is 0.00455. The molecule has 0 aromatic carbocycles. The number of hydrogen-bond acceptors (Lipinski definition) is 3. The first kappa shape index (κ1) is 16.3. The molecule has 2 heterocycles. The van der Waals surface area contributed by atoms with Crippen molar-refractivity contribution in [3.05, 3.63) is 0 Å². The third-order valence-electron chi connectivity index (χ3n) is 4.39. The molecule has 0 radical (unpaired) electrons. The van der Waals surface area contributed by atoms with Crippen molar-refractivity contribution in [3.8, 4) is 0 Å². The van der Waals surface area contributed by atoms with Crippen molar-refractivity contribution in [2.45, 2.75) is 71.1 Å². The van der Waals surface area contributed by atoms with Crippen LogP contribution in [0.3, 0.4) is 0 Å². The second-order valence-electron chi connectivity index (χ2n) is 6.57. The summed E-state index contributed by atoms with van der Waals surface area (Å²) in [6, 6.07) is -0.674. The van der Waals surface area contributed by atoms with Crippen molar-refractivity contribution in [1.29, 1.82) is 0 Å². The van der Waals surface area contributed by atoms with Crippen molar-refractivity contribution in [3.63, 3.8) is 0 Å². The van der Waals surface area contributed by atoms with E-state index in [-0.39, 0.29) is 30.0 Å². The van der Waals surface area contributed by atoms with E-state index in [2.05, 4.69) is 19.2 Å². The monoisotopic (exact) mass is 296 g/mol. The van der Waals surface area contributed by atoms with Crippen LogP contribution in [0.25, 0.3) is 0 Å². The van der Waals surface area contributed by atoms with Crippen LogP contribution in [0.4, 0.5) is 0 Å². The van der Waals surface area contributed by atoms with Crippen LogP contribution in [-0.4, -0.2) is 48.1 Å². The lowest BCUT2D eigenvalue weighted by Crippen LogP contribution is -2.63. The number of nitrogens with zero attached hydrogens (tertiary/aromatic N) is 1. The molecule has 5 heteroatoms. The Kier molecular flexibility index (Phi) is 5.62. The zero-order valence-electron chi connectivity index (χ0n) is 13.4. The highest BCUT2D eigenvalue weighted by molar-refractivity contribution is 5.96. The summed E-state index contributed by atoms with van der Waals surface area (Å²) in [5.74, 6) is 0.459. The zero-order chi connectivity index (χ0) is 15.4. The summed E-state index contributed by atoms with van der Waals surface area (Å²) in [5.41, 5.74) is 0. The van der Waals surface area contributed by atoms with Gasteiger partial charge in [0.1, 0.15) is 12.1 Å².